The molecule has 2 aromatic carbocycles. The summed E-state index contributed by atoms with van der Waals surface area (Å²) < 4.78 is 11.3. The fraction of sp³-hybridized carbons (Fsp3) is 0.188. The molecule has 0 fully saturated rings. The third kappa shape index (κ3) is 3.20. The minimum atomic E-state index is -0.0311. The summed E-state index contributed by atoms with van der Waals surface area (Å²) in [6, 6.07) is 12.4. The Kier molecular flexibility index (Phi) is 4.79. The van der Waals surface area contributed by atoms with Crippen LogP contribution in [0.1, 0.15) is 22.8 Å². The molecule has 0 heterocycles. The lowest BCUT2D eigenvalue weighted by Gasteiger charge is -2.08. The maximum Gasteiger partial charge on any atom is 0.193 e. The van der Waals surface area contributed by atoms with Crippen molar-refractivity contribution in [1.29, 1.82) is 0 Å². The van der Waals surface area contributed by atoms with Crippen molar-refractivity contribution < 1.29 is 14.3 Å². The Morgan fingerprint density at radius 2 is 1.75 bits per heavy atom. The normalized spacial score (nSPS) is 10.2. The average Bonchev–Trinajstić information content (AvgIpc) is 2.49. The van der Waals surface area contributed by atoms with E-state index >= 15 is 0 Å². The Balaban J connectivity index is 2.26. The van der Waals surface area contributed by atoms with E-state index in [4.69, 9.17) is 9.47 Å². The zero-order valence-electron chi connectivity index (χ0n) is 11.4. The second-order valence-corrected chi connectivity index (χ2v) is 4.99. The highest BCUT2D eigenvalue weighted by Crippen LogP contribution is 2.27. The first kappa shape index (κ1) is 14.6. The molecule has 0 aliphatic rings. The third-order valence-electron chi connectivity index (χ3n) is 2.85. The molecule has 0 saturated heterocycles. The first-order valence-corrected chi connectivity index (χ1v) is 7.06. The highest BCUT2D eigenvalue weighted by Gasteiger charge is 2.11. The Morgan fingerprint density at radius 1 is 1.10 bits per heavy atom. The summed E-state index contributed by atoms with van der Waals surface area (Å²) in [5.41, 5.74) is 1.24. The van der Waals surface area contributed by atoms with Gasteiger partial charge < -0.3 is 9.47 Å². The van der Waals surface area contributed by atoms with E-state index in [0.29, 0.717) is 17.7 Å². The fourth-order valence-corrected chi connectivity index (χ4v) is 2.32. The van der Waals surface area contributed by atoms with Crippen molar-refractivity contribution in [2.75, 3.05) is 13.7 Å². The van der Waals surface area contributed by atoms with Crippen molar-refractivity contribution in [3.05, 3.63) is 58.1 Å². The number of benzene rings is 2. The lowest BCUT2D eigenvalue weighted by Crippen LogP contribution is -2.02. The molecule has 0 aliphatic heterocycles. The molecule has 0 aromatic heterocycles. The van der Waals surface area contributed by atoms with Gasteiger partial charge in [-0.1, -0.05) is 0 Å². The maximum atomic E-state index is 12.4. The number of methoxy groups -OCH3 is 1. The van der Waals surface area contributed by atoms with Crippen molar-refractivity contribution >= 4 is 21.7 Å². The summed E-state index contributed by atoms with van der Waals surface area (Å²) in [6.45, 7) is 2.51. The van der Waals surface area contributed by atoms with E-state index in [2.05, 4.69) is 15.9 Å². The number of halogens is 1. The van der Waals surface area contributed by atoms with Crippen LogP contribution in [0.25, 0.3) is 0 Å². The van der Waals surface area contributed by atoms with Crippen molar-refractivity contribution in [2.45, 2.75) is 6.92 Å². The van der Waals surface area contributed by atoms with Crippen LogP contribution < -0.4 is 9.47 Å². The molecule has 0 radical (unpaired) electrons. The predicted octanol–water partition coefficient (Wildman–Crippen LogP) is 4.09. The number of carbonyl (C=O) groups is 1. The Labute approximate surface area is 126 Å². The molecule has 0 bridgehead atoms. The van der Waals surface area contributed by atoms with Crippen LogP contribution in [0.4, 0.5) is 0 Å². The minimum Gasteiger partial charge on any atom is -0.497 e. The summed E-state index contributed by atoms with van der Waals surface area (Å²) in [5, 5.41) is 0. The number of hydrogen-bond acceptors (Lipinski definition) is 3. The third-order valence-corrected chi connectivity index (χ3v) is 3.47. The van der Waals surface area contributed by atoms with Gasteiger partial charge in [-0.05, 0) is 65.3 Å². The van der Waals surface area contributed by atoms with Gasteiger partial charge in [-0.3, -0.25) is 4.79 Å². The molecule has 0 aliphatic carbocycles. The summed E-state index contributed by atoms with van der Waals surface area (Å²) in [7, 11) is 1.60. The first-order valence-electron chi connectivity index (χ1n) is 6.26. The van der Waals surface area contributed by atoms with Crippen LogP contribution in [-0.2, 0) is 0 Å². The largest absolute Gasteiger partial charge is 0.497 e. The van der Waals surface area contributed by atoms with Crippen LogP contribution >= 0.6 is 15.9 Å². The van der Waals surface area contributed by atoms with Crippen LogP contribution in [0, 0.1) is 0 Å². The molecule has 0 saturated carbocycles. The molecule has 0 N–H and O–H groups in total. The van der Waals surface area contributed by atoms with E-state index in [-0.39, 0.29) is 5.78 Å². The Morgan fingerprint density at radius 3 is 2.30 bits per heavy atom. The summed E-state index contributed by atoms with van der Waals surface area (Å²) in [4.78, 5) is 12.4. The number of carbonyl (C=O) groups excluding carboxylic acids is 1. The molecule has 0 unspecified atom stereocenters. The van der Waals surface area contributed by atoms with Crippen LogP contribution in [0.5, 0.6) is 11.5 Å². The first-order chi connectivity index (χ1) is 9.65. The van der Waals surface area contributed by atoms with Gasteiger partial charge in [0.15, 0.2) is 5.78 Å². The molecule has 20 heavy (non-hydrogen) atoms. The molecule has 4 heteroatoms. The van der Waals surface area contributed by atoms with Crippen molar-refractivity contribution in [3.8, 4) is 11.5 Å². The number of rotatable bonds is 5. The van der Waals surface area contributed by atoms with E-state index in [1.165, 1.54) is 0 Å². The zero-order valence-corrected chi connectivity index (χ0v) is 12.9. The van der Waals surface area contributed by atoms with Crippen LogP contribution in [0.3, 0.4) is 0 Å². The van der Waals surface area contributed by atoms with Crippen molar-refractivity contribution in [3.63, 3.8) is 0 Å². The van der Waals surface area contributed by atoms with Gasteiger partial charge in [0.25, 0.3) is 0 Å². The molecule has 2 aromatic rings. The van der Waals surface area contributed by atoms with Gasteiger partial charge in [0.2, 0.25) is 0 Å². The van der Waals surface area contributed by atoms with Gasteiger partial charge in [0.05, 0.1) is 18.2 Å². The van der Waals surface area contributed by atoms with E-state index < -0.39 is 0 Å². The molecule has 0 spiro atoms. The quantitative estimate of drug-likeness (QED) is 0.772. The molecular weight excluding hydrogens is 320 g/mol. The van der Waals surface area contributed by atoms with Gasteiger partial charge in [-0.2, -0.15) is 0 Å². The topological polar surface area (TPSA) is 35.5 Å². The highest BCUT2D eigenvalue weighted by molar-refractivity contribution is 9.10. The van der Waals surface area contributed by atoms with Gasteiger partial charge in [-0.15, -0.1) is 0 Å². The number of ketones is 1. The smallest absolute Gasteiger partial charge is 0.193 e. The minimum absolute atomic E-state index is 0.0311. The zero-order chi connectivity index (χ0) is 14.5. The summed E-state index contributed by atoms with van der Waals surface area (Å²) >= 11 is 3.41. The Hall–Kier alpha value is -1.81. The van der Waals surface area contributed by atoms with Gasteiger partial charge in [0, 0.05) is 11.1 Å². The highest BCUT2D eigenvalue weighted by atomic mass is 79.9. The molecular formula is C16H15BrO3. The van der Waals surface area contributed by atoms with Crippen molar-refractivity contribution in [2.24, 2.45) is 0 Å². The monoisotopic (exact) mass is 334 g/mol. The van der Waals surface area contributed by atoms with E-state index in [0.717, 1.165) is 16.0 Å². The maximum absolute atomic E-state index is 12.4. The van der Waals surface area contributed by atoms with Crippen LogP contribution in [0.2, 0.25) is 0 Å². The second-order valence-electron chi connectivity index (χ2n) is 4.14. The lowest BCUT2D eigenvalue weighted by molar-refractivity contribution is 0.103. The Bertz CT molecular complexity index is 606. The predicted molar refractivity (Wildman–Crippen MR) is 81.7 cm³/mol. The molecule has 2 rings (SSSR count). The molecule has 104 valence electrons. The molecule has 3 nitrogen and oxygen atoms in total. The standard InChI is InChI=1S/C16H15BrO3/c1-3-20-15-9-6-12(10-14(15)17)16(18)11-4-7-13(19-2)8-5-11/h4-10H,3H2,1-2H3. The van der Waals surface area contributed by atoms with Crippen LogP contribution in [-0.4, -0.2) is 19.5 Å². The SMILES string of the molecule is CCOc1ccc(C(=O)c2ccc(OC)cc2)cc1Br. The van der Waals surface area contributed by atoms with Gasteiger partial charge in [0.1, 0.15) is 11.5 Å². The van der Waals surface area contributed by atoms with Crippen molar-refractivity contribution in [1.82, 2.24) is 0 Å². The van der Waals surface area contributed by atoms with E-state index in [1.807, 2.05) is 6.92 Å². The average molecular weight is 335 g/mol. The fourth-order valence-electron chi connectivity index (χ4n) is 1.82. The summed E-state index contributed by atoms with van der Waals surface area (Å²) in [5.74, 6) is 1.43. The lowest BCUT2D eigenvalue weighted by atomic mass is 10.0. The molecule has 0 atom stereocenters. The molecule has 0 amide bonds. The second kappa shape index (κ2) is 6.57. The number of hydrogen-bond donors (Lipinski definition) is 0. The van der Waals surface area contributed by atoms with Gasteiger partial charge in [-0.25, -0.2) is 0 Å². The summed E-state index contributed by atoms with van der Waals surface area (Å²) in [6.07, 6.45) is 0. The van der Waals surface area contributed by atoms with E-state index in [1.54, 1.807) is 49.6 Å². The van der Waals surface area contributed by atoms with Gasteiger partial charge >= 0.3 is 0 Å². The van der Waals surface area contributed by atoms with E-state index in [9.17, 15) is 4.79 Å². The number of ether oxygens (including phenoxy) is 2. The van der Waals surface area contributed by atoms with Crippen LogP contribution in [0.15, 0.2) is 46.9 Å².